The van der Waals surface area contributed by atoms with Gasteiger partial charge in [-0.15, -0.1) is 0 Å². The van der Waals surface area contributed by atoms with E-state index in [4.69, 9.17) is 10.6 Å². The van der Waals surface area contributed by atoms with E-state index in [9.17, 15) is 0 Å². The zero-order chi connectivity index (χ0) is 11.4. The Hall–Kier alpha value is -1.65. The molecule has 1 aliphatic rings. The van der Waals surface area contributed by atoms with Crippen molar-refractivity contribution in [1.29, 1.82) is 0 Å². The van der Waals surface area contributed by atoms with Crippen LogP contribution in [0.1, 0.15) is 36.0 Å². The minimum atomic E-state index is -0.128. The van der Waals surface area contributed by atoms with Gasteiger partial charge in [0, 0.05) is 28.8 Å². The summed E-state index contributed by atoms with van der Waals surface area (Å²) in [5.74, 6) is 0.655. The second-order valence-electron chi connectivity index (χ2n) is 3.77. The van der Waals surface area contributed by atoms with Gasteiger partial charge in [-0.2, -0.15) is 0 Å². The van der Waals surface area contributed by atoms with Crippen molar-refractivity contribution in [2.75, 3.05) is 6.61 Å². The SMILES string of the molecule is [N-]=[N+]=NC1CCCc2nc(CCO)ncc21. The van der Waals surface area contributed by atoms with Gasteiger partial charge in [-0.25, -0.2) is 9.97 Å². The molecule has 0 saturated carbocycles. The smallest absolute Gasteiger partial charge is 0.130 e. The van der Waals surface area contributed by atoms with Crippen LogP contribution in [0.15, 0.2) is 11.3 Å². The summed E-state index contributed by atoms with van der Waals surface area (Å²) in [6.07, 6.45) is 4.94. The highest BCUT2D eigenvalue weighted by molar-refractivity contribution is 5.24. The van der Waals surface area contributed by atoms with Crippen LogP contribution >= 0.6 is 0 Å². The Bertz CT molecular complexity index is 427. The number of aliphatic hydroxyl groups excluding tert-OH is 1. The van der Waals surface area contributed by atoms with Crippen LogP contribution in [0.4, 0.5) is 0 Å². The molecule has 0 radical (unpaired) electrons. The first-order valence-electron chi connectivity index (χ1n) is 5.35. The number of hydrogen-bond donors (Lipinski definition) is 1. The maximum Gasteiger partial charge on any atom is 0.130 e. The lowest BCUT2D eigenvalue weighted by Gasteiger charge is -2.20. The highest BCUT2D eigenvalue weighted by Crippen LogP contribution is 2.31. The third-order valence-electron chi connectivity index (χ3n) is 2.73. The monoisotopic (exact) mass is 219 g/mol. The Morgan fingerprint density at radius 2 is 2.50 bits per heavy atom. The fourth-order valence-corrected chi connectivity index (χ4v) is 1.97. The minimum absolute atomic E-state index is 0.0541. The topological polar surface area (TPSA) is 94.8 Å². The van der Waals surface area contributed by atoms with E-state index in [0.29, 0.717) is 12.2 Å². The average molecular weight is 219 g/mol. The van der Waals surface area contributed by atoms with E-state index in [1.54, 1.807) is 6.20 Å². The number of azide groups is 1. The van der Waals surface area contributed by atoms with Crippen molar-refractivity contribution in [3.8, 4) is 0 Å². The molecule has 84 valence electrons. The van der Waals surface area contributed by atoms with Crippen molar-refractivity contribution in [3.05, 3.63) is 33.7 Å². The Labute approximate surface area is 93.0 Å². The molecule has 2 rings (SSSR count). The first-order valence-corrected chi connectivity index (χ1v) is 5.35. The number of rotatable bonds is 3. The van der Waals surface area contributed by atoms with E-state index in [1.165, 1.54) is 0 Å². The predicted molar refractivity (Wildman–Crippen MR) is 57.6 cm³/mol. The Morgan fingerprint density at radius 1 is 1.62 bits per heavy atom. The van der Waals surface area contributed by atoms with Crippen LogP contribution in [-0.4, -0.2) is 21.7 Å². The first-order chi connectivity index (χ1) is 7.85. The van der Waals surface area contributed by atoms with Gasteiger partial charge in [0.2, 0.25) is 0 Å². The average Bonchev–Trinajstić information content (AvgIpc) is 2.30. The van der Waals surface area contributed by atoms with E-state index in [0.717, 1.165) is 30.5 Å². The summed E-state index contributed by atoms with van der Waals surface area (Å²) in [6, 6.07) is -0.128. The van der Waals surface area contributed by atoms with Gasteiger partial charge in [0.25, 0.3) is 0 Å². The van der Waals surface area contributed by atoms with Gasteiger partial charge in [-0.1, -0.05) is 5.11 Å². The molecule has 1 aromatic heterocycles. The van der Waals surface area contributed by atoms with E-state index in [2.05, 4.69) is 20.0 Å². The molecule has 0 bridgehead atoms. The predicted octanol–water partition coefficient (Wildman–Crippen LogP) is 1.70. The second-order valence-corrected chi connectivity index (χ2v) is 3.77. The van der Waals surface area contributed by atoms with Gasteiger partial charge in [0.05, 0.1) is 12.6 Å². The molecule has 1 unspecified atom stereocenters. The van der Waals surface area contributed by atoms with Crippen LogP contribution in [-0.2, 0) is 12.8 Å². The summed E-state index contributed by atoms with van der Waals surface area (Å²) >= 11 is 0. The summed E-state index contributed by atoms with van der Waals surface area (Å²) in [7, 11) is 0. The van der Waals surface area contributed by atoms with Crippen LogP contribution in [0, 0.1) is 0 Å². The zero-order valence-corrected chi connectivity index (χ0v) is 8.87. The molecule has 1 atom stereocenters. The van der Waals surface area contributed by atoms with Crippen LogP contribution in [0.5, 0.6) is 0 Å². The van der Waals surface area contributed by atoms with Crippen LogP contribution in [0.3, 0.4) is 0 Å². The third-order valence-corrected chi connectivity index (χ3v) is 2.73. The molecule has 0 fully saturated rings. The molecule has 1 N–H and O–H groups in total. The van der Waals surface area contributed by atoms with Gasteiger partial charge >= 0.3 is 0 Å². The van der Waals surface area contributed by atoms with Crippen molar-refractivity contribution in [1.82, 2.24) is 9.97 Å². The quantitative estimate of drug-likeness (QED) is 0.476. The minimum Gasteiger partial charge on any atom is -0.396 e. The van der Waals surface area contributed by atoms with Crippen molar-refractivity contribution >= 4 is 0 Å². The maximum atomic E-state index is 8.81. The molecule has 6 nitrogen and oxygen atoms in total. The number of aryl methyl sites for hydroxylation is 1. The number of hydrogen-bond acceptors (Lipinski definition) is 4. The largest absolute Gasteiger partial charge is 0.396 e. The molecule has 0 spiro atoms. The third kappa shape index (κ3) is 2.13. The maximum absolute atomic E-state index is 8.81. The summed E-state index contributed by atoms with van der Waals surface area (Å²) in [4.78, 5) is 11.4. The molecule has 1 heterocycles. The summed E-state index contributed by atoms with van der Waals surface area (Å²) in [5, 5.41) is 12.6. The standard InChI is InChI=1S/C10H13N5O/c11-15-14-9-3-1-2-8-7(9)6-12-10(13-8)4-5-16/h6,9,16H,1-5H2. The lowest BCUT2D eigenvalue weighted by atomic mass is 9.93. The van der Waals surface area contributed by atoms with Crippen molar-refractivity contribution in [2.45, 2.75) is 31.7 Å². The van der Waals surface area contributed by atoms with Crippen LogP contribution in [0.2, 0.25) is 0 Å². The molecule has 0 aliphatic heterocycles. The fraction of sp³-hybridized carbons (Fsp3) is 0.600. The second kappa shape index (κ2) is 4.92. The summed E-state index contributed by atoms with van der Waals surface area (Å²) < 4.78 is 0. The number of fused-ring (bicyclic) bond motifs is 1. The van der Waals surface area contributed by atoms with E-state index >= 15 is 0 Å². The van der Waals surface area contributed by atoms with Gasteiger partial charge in [-0.05, 0) is 24.8 Å². The summed E-state index contributed by atoms with van der Waals surface area (Å²) in [6.45, 7) is 0.0541. The first kappa shape index (κ1) is 10.9. The molecule has 1 aliphatic carbocycles. The molecule has 16 heavy (non-hydrogen) atoms. The Balaban J connectivity index is 2.32. The Morgan fingerprint density at radius 3 is 3.25 bits per heavy atom. The summed E-state index contributed by atoms with van der Waals surface area (Å²) in [5.41, 5.74) is 10.4. The molecule has 0 amide bonds. The number of aliphatic hydroxyl groups is 1. The number of nitrogens with zero attached hydrogens (tertiary/aromatic N) is 5. The van der Waals surface area contributed by atoms with E-state index in [-0.39, 0.29) is 12.6 Å². The molecular weight excluding hydrogens is 206 g/mol. The number of aromatic nitrogens is 2. The molecule has 6 heteroatoms. The fourth-order valence-electron chi connectivity index (χ4n) is 1.97. The van der Waals surface area contributed by atoms with Gasteiger partial charge in [-0.3, -0.25) is 0 Å². The molecular formula is C10H13N5O. The van der Waals surface area contributed by atoms with Crippen molar-refractivity contribution in [3.63, 3.8) is 0 Å². The van der Waals surface area contributed by atoms with Gasteiger partial charge in [0.1, 0.15) is 5.82 Å². The molecule has 0 saturated heterocycles. The lowest BCUT2D eigenvalue weighted by molar-refractivity contribution is 0.296. The molecule has 0 aromatic carbocycles. The molecule has 1 aromatic rings. The van der Waals surface area contributed by atoms with E-state index < -0.39 is 0 Å². The van der Waals surface area contributed by atoms with Gasteiger partial charge < -0.3 is 5.11 Å². The van der Waals surface area contributed by atoms with Crippen LogP contribution in [0.25, 0.3) is 10.4 Å². The normalized spacial score (nSPS) is 18.7. The Kier molecular flexibility index (Phi) is 3.34. The van der Waals surface area contributed by atoms with Crippen LogP contribution < -0.4 is 0 Å². The van der Waals surface area contributed by atoms with Crippen molar-refractivity contribution < 1.29 is 5.11 Å². The zero-order valence-electron chi connectivity index (χ0n) is 8.87. The highest BCUT2D eigenvalue weighted by Gasteiger charge is 2.20. The van der Waals surface area contributed by atoms with E-state index in [1.807, 2.05) is 0 Å². The van der Waals surface area contributed by atoms with Gasteiger partial charge in [0.15, 0.2) is 0 Å². The highest BCUT2D eigenvalue weighted by atomic mass is 16.3. The lowest BCUT2D eigenvalue weighted by Crippen LogP contribution is -2.13. The van der Waals surface area contributed by atoms with Crippen molar-refractivity contribution in [2.24, 2.45) is 5.11 Å².